The number of nitrogens with one attached hydrogen (secondary N) is 2. The minimum absolute atomic E-state index is 0.179. The third-order valence-corrected chi connectivity index (χ3v) is 3.95. The molecular formula is C19H19N3O4. The Labute approximate surface area is 149 Å². The van der Waals surface area contributed by atoms with Crippen LogP contribution in [0.3, 0.4) is 0 Å². The van der Waals surface area contributed by atoms with E-state index in [0.717, 1.165) is 11.1 Å². The van der Waals surface area contributed by atoms with Crippen LogP contribution in [-0.4, -0.2) is 41.2 Å². The topological polar surface area (TPSA) is 104 Å². The molecule has 3 N–H and O–H groups in total. The number of benzene rings is 1. The number of amides is 1. The monoisotopic (exact) mass is 353 g/mol. The minimum atomic E-state index is -0.669. The predicted octanol–water partition coefficient (Wildman–Crippen LogP) is 1.60. The molecule has 0 atom stereocenters. The molecule has 0 radical (unpaired) electrons. The van der Waals surface area contributed by atoms with E-state index >= 15 is 0 Å². The van der Waals surface area contributed by atoms with E-state index in [-0.39, 0.29) is 17.6 Å². The zero-order valence-electron chi connectivity index (χ0n) is 14.3. The summed E-state index contributed by atoms with van der Waals surface area (Å²) in [5.74, 6) is -1.09. The Morgan fingerprint density at radius 1 is 1.27 bits per heavy atom. The molecule has 0 fully saturated rings. The van der Waals surface area contributed by atoms with Gasteiger partial charge in [-0.15, -0.1) is 0 Å². The van der Waals surface area contributed by atoms with Crippen molar-refractivity contribution in [1.29, 1.82) is 0 Å². The maximum Gasteiger partial charge on any atom is 0.265 e. The number of nitrogens with zero attached hydrogens (tertiary/aromatic N) is 1. The SMILES string of the molecule is COCCNC(=O)c1c(O)c2ncc(Cc3ccccc3)cc2[nH]c1=O. The fourth-order valence-electron chi connectivity index (χ4n) is 2.70. The molecular weight excluding hydrogens is 334 g/mol. The van der Waals surface area contributed by atoms with Crippen molar-refractivity contribution in [2.75, 3.05) is 20.3 Å². The molecule has 2 aromatic heterocycles. The highest BCUT2D eigenvalue weighted by Gasteiger charge is 2.19. The van der Waals surface area contributed by atoms with E-state index in [9.17, 15) is 14.7 Å². The summed E-state index contributed by atoms with van der Waals surface area (Å²) < 4.78 is 4.85. The average molecular weight is 353 g/mol. The van der Waals surface area contributed by atoms with Crippen molar-refractivity contribution in [2.45, 2.75) is 6.42 Å². The Morgan fingerprint density at radius 2 is 2.04 bits per heavy atom. The highest BCUT2D eigenvalue weighted by molar-refractivity contribution is 6.01. The maximum absolute atomic E-state index is 12.3. The number of methoxy groups -OCH3 is 1. The van der Waals surface area contributed by atoms with Gasteiger partial charge >= 0.3 is 0 Å². The lowest BCUT2D eigenvalue weighted by Crippen LogP contribution is -2.32. The van der Waals surface area contributed by atoms with Gasteiger partial charge in [-0.2, -0.15) is 0 Å². The lowest BCUT2D eigenvalue weighted by Gasteiger charge is -2.09. The Balaban J connectivity index is 1.93. The highest BCUT2D eigenvalue weighted by atomic mass is 16.5. The molecule has 7 heteroatoms. The fraction of sp³-hybridized carbons (Fsp3) is 0.211. The van der Waals surface area contributed by atoms with Crippen molar-refractivity contribution in [2.24, 2.45) is 0 Å². The number of pyridine rings is 2. The zero-order chi connectivity index (χ0) is 18.5. The smallest absolute Gasteiger partial charge is 0.265 e. The van der Waals surface area contributed by atoms with Crippen LogP contribution in [0.2, 0.25) is 0 Å². The number of hydrogen-bond donors (Lipinski definition) is 3. The van der Waals surface area contributed by atoms with E-state index in [1.165, 1.54) is 7.11 Å². The van der Waals surface area contributed by atoms with Crippen molar-refractivity contribution < 1.29 is 14.6 Å². The van der Waals surface area contributed by atoms with E-state index < -0.39 is 17.2 Å². The Kier molecular flexibility index (Phi) is 5.28. The highest BCUT2D eigenvalue weighted by Crippen LogP contribution is 2.24. The van der Waals surface area contributed by atoms with E-state index in [0.29, 0.717) is 18.5 Å². The largest absolute Gasteiger partial charge is 0.505 e. The number of aromatic nitrogens is 2. The summed E-state index contributed by atoms with van der Waals surface area (Å²) in [6.45, 7) is 0.536. The number of fused-ring (bicyclic) bond motifs is 1. The van der Waals surface area contributed by atoms with Gasteiger partial charge in [0.15, 0.2) is 5.75 Å². The van der Waals surface area contributed by atoms with Gasteiger partial charge in [0.05, 0.1) is 12.1 Å². The number of carbonyl (C=O) groups excluding carboxylic acids is 1. The van der Waals surface area contributed by atoms with Gasteiger partial charge in [0, 0.05) is 19.9 Å². The van der Waals surface area contributed by atoms with E-state index in [4.69, 9.17) is 4.74 Å². The summed E-state index contributed by atoms with van der Waals surface area (Å²) in [5.41, 5.74) is 1.54. The summed E-state index contributed by atoms with van der Waals surface area (Å²) >= 11 is 0. The first-order valence-electron chi connectivity index (χ1n) is 8.15. The quantitative estimate of drug-likeness (QED) is 0.584. The van der Waals surface area contributed by atoms with Crippen LogP contribution in [0.5, 0.6) is 5.75 Å². The summed E-state index contributed by atoms with van der Waals surface area (Å²) in [4.78, 5) is 31.3. The van der Waals surface area contributed by atoms with Crippen LogP contribution in [0.25, 0.3) is 11.0 Å². The van der Waals surface area contributed by atoms with Crippen molar-refractivity contribution in [3.8, 4) is 5.75 Å². The van der Waals surface area contributed by atoms with E-state index in [1.54, 1.807) is 12.3 Å². The molecule has 7 nitrogen and oxygen atoms in total. The number of hydrogen-bond acceptors (Lipinski definition) is 5. The number of carbonyl (C=O) groups is 1. The second-order valence-electron chi connectivity index (χ2n) is 5.83. The van der Waals surface area contributed by atoms with Crippen LogP contribution < -0.4 is 10.9 Å². The molecule has 2 heterocycles. The molecule has 0 unspecified atom stereocenters. The summed E-state index contributed by atoms with van der Waals surface area (Å²) in [7, 11) is 1.50. The molecule has 3 rings (SSSR count). The summed E-state index contributed by atoms with van der Waals surface area (Å²) in [6.07, 6.45) is 2.27. The molecule has 1 amide bonds. The molecule has 0 saturated carbocycles. The molecule has 0 saturated heterocycles. The van der Waals surface area contributed by atoms with Gasteiger partial charge in [0.2, 0.25) is 0 Å². The lowest BCUT2D eigenvalue weighted by atomic mass is 10.1. The molecule has 3 aromatic rings. The number of aromatic amines is 1. The van der Waals surface area contributed by atoms with Crippen molar-refractivity contribution >= 4 is 16.9 Å². The van der Waals surface area contributed by atoms with Crippen molar-refractivity contribution in [3.63, 3.8) is 0 Å². The third kappa shape index (κ3) is 3.73. The van der Waals surface area contributed by atoms with Gasteiger partial charge in [0.25, 0.3) is 11.5 Å². The Bertz CT molecular complexity index is 983. The van der Waals surface area contributed by atoms with E-state index in [2.05, 4.69) is 15.3 Å². The third-order valence-electron chi connectivity index (χ3n) is 3.95. The molecule has 134 valence electrons. The zero-order valence-corrected chi connectivity index (χ0v) is 14.3. The first kappa shape index (κ1) is 17.6. The first-order chi connectivity index (χ1) is 12.6. The predicted molar refractivity (Wildman–Crippen MR) is 97.5 cm³/mol. The van der Waals surface area contributed by atoms with Crippen LogP contribution in [0.15, 0.2) is 47.4 Å². The molecule has 0 aliphatic rings. The minimum Gasteiger partial charge on any atom is -0.505 e. The molecule has 26 heavy (non-hydrogen) atoms. The van der Waals surface area contributed by atoms with Gasteiger partial charge < -0.3 is 20.1 Å². The van der Waals surface area contributed by atoms with Crippen molar-refractivity contribution in [3.05, 3.63) is 69.6 Å². The number of aromatic hydroxyl groups is 1. The van der Waals surface area contributed by atoms with E-state index in [1.807, 2.05) is 30.3 Å². The number of ether oxygens (including phenoxy) is 1. The Hall–Kier alpha value is -3.19. The molecule has 1 aromatic carbocycles. The molecule has 0 spiro atoms. The lowest BCUT2D eigenvalue weighted by molar-refractivity contribution is 0.0933. The standard InChI is InChI=1S/C19H19N3O4/c1-26-8-7-20-18(24)15-17(23)16-14(22-19(15)25)10-13(11-21-16)9-12-5-3-2-4-6-12/h2-6,10-11H,7-9H2,1H3,(H,20,24)(H2,22,23,25). The molecule has 0 bridgehead atoms. The number of rotatable bonds is 6. The van der Waals surface area contributed by atoms with Crippen LogP contribution in [0, 0.1) is 0 Å². The summed E-state index contributed by atoms with van der Waals surface area (Å²) in [5, 5.41) is 12.9. The summed E-state index contributed by atoms with van der Waals surface area (Å²) in [6, 6.07) is 11.6. The molecule has 0 aliphatic carbocycles. The van der Waals surface area contributed by atoms with Gasteiger partial charge in [-0.25, -0.2) is 0 Å². The maximum atomic E-state index is 12.3. The Morgan fingerprint density at radius 3 is 2.77 bits per heavy atom. The first-order valence-corrected chi connectivity index (χ1v) is 8.15. The molecule has 0 aliphatic heterocycles. The second kappa shape index (κ2) is 7.79. The van der Waals surface area contributed by atoms with Gasteiger partial charge in [-0.3, -0.25) is 14.6 Å². The second-order valence-corrected chi connectivity index (χ2v) is 5.83. The van der Waals surface area contributed by atoms with Crippen molar-refractivity contribution in [1.82, 2.24) is 15.3 Å². The van der Waals surface area contributed by atoms with Gasteiger partial charge in [-0.05, 0) is 23.6 Å². The van der Waals surface area contributed by atoms with Crippen LogP contribution in [-0.2, 0) is 11.2 Å². The van der Waals surface area contributed by atoms with Crippen LogP contribution >= 0.6 is 0 Å². The van der Waals surface area contributed by atoms with Gasteiger partial charge in [0.1, 0.15) is 11.1 Å². The average Bonchev–Trinajstić information content (AvgIpc) is 2.62. The van der Waals surface area contributed by atoms with Gasteiger partial charge in [-0.1, -0.05) is 30.3 Å². The normalized spacial score (nSPS) is 10.8. The van der Waals surface area contributed by atoms with Crippen LogP contribution in [0.4, 0.5) is 0 Å². The fourth-order valence-corrected chi connectivity index (χ4v) is 2.70. The number of H-pyrrole nitrogens is 1. The van der Waals surface area contributed by atoms with Crippen LogP contribution in [0.1, 0.15) is 21.5 Å².